The van der Waals surface area contributed by atoms with Gasteiger partial charge in [0.25, 0.3) is 0 Å². The molecule has 110 valence electrons. The van der Waals surface area contributed by atoms with E-state index in [-0.39, 0.29) is 0 Å². The molecule has 1 N–H and O–H groups in total. The summed E-state index contributed by atoms with van der Waals surface area (Å²) in [5.41, 5.74) is 2.59. The molecule has 1 aliphatic heterocycles. The van der Waals surface area contributed by atoms with Gasteiger partial charge in [0.15, 0.2) is 0 Å². The zero-order chi connectivity index (χ0) is 15.1. The largest absolute Gasteiger partial charge is 0.361 e. The number of nitrogens with zero attached hydrogens (tertiary/aromatic N) is 1. The Morgan fingerprint density at radius 3 is 2.18 bits per heavy atom. The summed E-state index contributed by atoms with van der Waals surface area (Å²) in [6, 6.07) is 19.7. The lowest BCUT2D eigenvalue weighted by Gasteiger charge is -2.23. The first-order valence-corrected chi connectivity index (χ1v) is 7.77. The summed E-state index contributed by atoms with van der Waals surface area (Å²) in [7, 11) is 2.13. The van der Waals surface area contributed by atoms with Crippen molar-refractivity contribution in [2.24, 2.45) is 0 Å². The summed E-state index contributed by atoms with van der Waals surface area (Å²) in [4.78, 5) is 2.26. The first kappa shape index (κ1) is 13.4. The van der Waals surface area contributed by atoms with E-state index >= 15 is 0 Å². The maximum Gasteiger partial charge on any atom is 0.0834 e. The normalized spacial score (nSPS) is 18.5. The minimum absolute atomic E-state index is 0.321. The Balaban J connectivity index is 1.91. The molecule has 1 atom stereocenters. The molecule has 3 aromatic carbocycles. The zero-order valence-corrected chi connectivity index (χ0v) is 12.8. The van der Waals surface area contributed by atoms with Crippen molar-refractivity contribution in [2.75, 3.05) is 13.6 Å². The van der Waals surface area contributed by atoms with Crippen LogP contribution in [0.5, 0.6) is 0 Å². The van der Waals surface area contributed by atoms with Crippen LogP contribution in [0.25, 0.3) is 21.5 Å². The van der Waals surface area contributed by atoms with E-state index < -0.39 is 0 Å². The molecule has 22 heavy (non-hydrogen) atoms. The lowest BCUT2D eigenvalue weighted by molar-refractivity contribution is 0.328. The molecule has 0 bridgehead atoms. The molecule has 2 heteroatoms. The van der Waals surface area contributed by atoms with Crippen LogP contribution in [0.1, 0.15) is 5.56 Å². The van der Waals surface area contributed by atoms with Crippen LogP contribution in [0.4, 0.5) is 0 Å². The van der Waals surface area contributed by atoms with Gasteiger partial charge in [-0.15, -0.1) is 0 Å². The van der Waals surface area contributed by atoms with Gasteiger partial charge in [0.2, 0.25) is 0 Å². The highest BCUT2D eigenvalue weighted by molar-refractivity contribution is 6.02. The van der Waals surface area contributed by atoms with Gasteiger partial charge in [0.05, 0.1) is 6.17 Å². The monoisotopic (exact) mass is 288 g/mol. The molecule has 0 aromatic heterocycles. The van der Waals surface area contributed by atoms with E-state index in [1.807, 2.05) is 0 Å². The fourth-order valence-electron chi connectivity index (χ4n) is 3.45. The third-order valence-electron chi connectivity index (χ3n) is 4.79. The van der Waals surface area contributed by atoms with Gasteiger partial charge in [-0.2, -0.15) is 0 Å². The molecule has 2 nitrogen and oxygen atoms in total. The smallest absolute Gasteiger partial charge is 0.0834 e. The highest BCUT2D eigenvalue weighted by Gasteiger charge is 2.24. The van der Waals surface area contributed by atoms with Crippen molar-refractivity contribution in [3.63, 3.8) is 0 Å². The Kier molecular flexibility index (Phi) is 3.12. The van der Waals surface area contributed by atoms with Crippen molar-refractivity contribution in [3.8, 4) is 0 Å². The lowest BCUT2D eigenvalue weighted by Crippen LogP contribution is -2.34. The van der Waals surface area contributed by atoms with Crippen LogP contribution in [-0.4, -0.2) is 24.7 Å². The summed E-state index contributed by atoms with van der Waals surface area (Å²) in [5.74, 6) is 0. The van der Waals surface area contributed by atoms with E-state index in [1.165, 1.54) is 27.1 Å². The Bertz CT molecular complexity index is 812. The van der Waals surface area contributed by atoms with E-state index in [0.29, 0.717) is 6.17 Å². The van der Waals surface area contributed by atoms with Gasteiger partial charge >= 0.3 is 0 Å². The van der Waals surface area contributed by atoms with Gasteiger partial charge in [0, 0.05) is 25.7 Å². The third-order valence-corrected chi connectivity index (χ3v) is 4.79. The Labute approximate surface area is 131 Å². The van der Waals surface area contributed by atoms with Crippen LogP contribution in [0, 0.1) is 0 Å². The van der Waals surface area contributed by atoms with Crippen molar-refractivity contribution < 1.29 is 0 Å². The molecule has 1 unspecified atom stereocenters. The molecule has 0 radical (unpaired) electrons. The molecule has 1 heterocycles. The molecule has 3 aromatic rings. The number of hydrogen-bond donors (Lipinski definition) is 1. The summed E-state index contributed by atoms with van der Waals surface area (Å²) in [6.07, 6.45) is 1.30. The maximum atomic E-state index is 4.12. The van der Waals surface area contributed by atoms with E-state index in [4.69, 9.17) is 0 Å². The minimum atomic E-state index is 0.321. The van der Waals surface area contributed by atoms with Crippen LogP contribution in [0.3, 0.4) is 0 Å². The van der Waals surface area contributed by atoms with E-state index in [2.05, 4.69) is 78.4 Å². The molecule has 0 amide bonds. The Morgan fingerprint density at radius 2 is 1.64 bits per heavy atom. The summed E-state index contributed by atoms with van der Waals surface area (Å²) < 4.78 is 0. The highest BCUT2D eigenvalue weighted by atomic mass is 15.3. The molecule has 4 rings (SSSR count). The van der Waals surface area contributed by atoms with Gasteiger partial charge in [-0.25, -0.2) is 0 Å². The SMILES string of the molecule is C=C1CNC(Cc2c3ccccc3cc3ccccc23)N1C. The van der Waals surface area contributed by atoms with Gasteiger partial charge in [-0.05, 0) is 33.2 Å². The second-order valence-electron chi connectivity index (χ2n) is 6.08. The standard InChI is InChI=1S/C20H20N2/c1-14-13-21-20(22(14)2)12-19-17-9-5-3-7-15(17)11-16-8-4-6-10-18(16)19/h3-11,20-21H,1,12-13H2,2H3. The number of nitrogens with one attached hydrogen (secondary N) is 1. The first-order chi connectivity index (χ1) is 10.7. The van der Waals surface area contributed by atoms with Crippen molar-refractivity contribution in [2.45, 2.75) is 12.6 Å². The van der Waals surface area contributed by atoms with Crippen LogP contribution in [-0.2, 0) is 6.42 Å². The fourth-order valence-corrected chi connectivity index (χ4v) is 3.45. The van der Waals surface area contributed by atoms with Crippen LogP contribution in [0.15, 0.2) is 66.9 Å². The Hall–Kier alpha value is -2.32. The maximum absolute atomic E-state index is 4.12. The molecule has 0 spiro atoms. The van der Waals surface area contributed by atoms with Crippen molar-refractivity contribution in [3.05, 3.63) is 72.4 Å². The minimum Gasteiger partial charge on any atom is -0.361 e. The average molecular weight is 288 g/mol. The van der Waals surface area contributed by atoms with Crippen molar-refractivity contribution in [1.29, 1.82) is 0 Å². The number of benzene rings is 3. The lowest BCUT2D eigenvalue weighted by atomic mass is 9.94. The second-order valence-corrected chi connectivity index (χ2v) is 6.08. The number of rotatable bonds is 2. The highest BCUT2D eigenvalue weighted by Crippen LogP contribution is 2.30. The summed E-state index contributed by atoms with van der Waals surface area (Å²) in [6.45, 7) is 4.99. The molecule has 0 aliphatic carbocycles. The topological polar surface area (TPSA) is 15.3 Å². The predicted molar refractivity (Wildman–Crippen MR) is 93.9 cm³/mol. The summed E-state index contributed by atoms with van der Waals surface area (Å²) in [5, 5.41) is 8.90. The average Bonchev–Trinajstić information content (AvgIpc) is 2.86. The molecular weight excluding hydrogens is 268 g/mol. The van der Waals surface area contributed by atoms with Crippen LogP contribution in [0.2, 0.25) is 0 Å². The number of hydrogen-bond acceptors (Lipinski definition) is 2. The molecule has 1 saturated heterocycles. The molecule has 1 fully saturated rings. The van der Waals surface area contributed by atoms with E-state index in [9.17, 15) is 0 Å². The van der Waals surface area contributed by atoms with Gasteiger partial charge in [-0.3, -0.25) is 5.32 Å². The zero-order valence-electron chi connectivity index (χ0n) is 12.8. The van der Waals surface area contributed by atoms with Crippen LogP contribution < -0.4 is 5.32 Å². The van der Waals surface area contributed by atoms with Crippen LogP contribution >= 0.6 is 0 Å². The fraction of sp³-hybridized carbons (Fsp3) is 0.200. The third kappa shape index (κ3) is 2.08. The summed E-state index contributed by atoms with van der Waals surface area (Å²) >= 11 is 0. The molecule has 1 aliphatic rings. The van der Waals surface area contributed by atoms with Gasteiger partial charge in [-0.1, -0.05) is 55.1 Å². The quantitative estimate of drug-likeness (QED) is 0.719. The number of likely N-dealkylation sites (N-methyl/N-ethyl adjacent to an activating group) is 1. The van der Waals surface area contributed by atoms with Gasteiger partial charge < -0.3 is 4.90 Å². The molecular formula is C20H20N2. The van der Waals surface area contributed by atoms with Crippen molar-refractivity contribution >= 4 is 21.5 Å². The second kappa shape index (κ2) is 5.15. The molecule has 0 saturated carbocycles. The van der Waals surface area contributed by atoms with Gasteiger partial charge in [0.1, 0.15) is 0 Å². The predicted octanol–water partition coefficient (Wildman–Crippen LogP) is 3.91. The first-order valence-electron chi connectivity index (χ1n) is 7.77. The Morgan fingerprint density at radius 1 is 1.05 bits per heavy atom. The van der Waals surface area contributed by atoms with Crippen molar-refractivity contribution in [1.82, 2.24) is 10.2 Å². The van der Waals surface area contributed by atoms with E-state index in [0.717, 1.165) is 18.7 Å². The van der Waals surface area contributed by atoms with E-state index in [1.54, 1.807) is 0 Å². The number of fused-ring (bicyclic) bond motifs is 2.